The Morgan fingerprint density at radius 1 is 1.42 bits per heavy atom. The van der Waals surface area contributed by atoms with Crippen LogP contribution in [0.4, 0.5) is 0 Å². The van der Waals surface area contributed by atoms with Gasteiger partial charge in [0, 0.05) is 42.8 Å². The fourth-order valence-corrected chi connectivity index (χ4v) is 3.86. The van der Waals surface area contributed by atoms with Gasteiger partial charge in [-0.15, -0.1) is 0 Å². The molecule has 1 aromatic rings. The molecule has 1 fully saturated rings. The predicted molar refractivity (Wildman–Crippen MR) is 104 cm³/mol. The molecule has 0 N–H and O–H groups in total. The Balaban J connectivity index is 1.77. The average molecular weight is 358 g/mol. The Labute approximate surface area is 156 Å². The van der Waals surface area contributed by atoms with Gasteiger partial charge < -0.3 is 19.3 Å². The maximum atomic E-state index is 12.7. The summed E-state index contributed by atoms with van der Waals surface area (Å²) in [6.45, 7) is 6.39. The summed E-state index contributed by atoms with van der Waals surface area (Å²) < 4.78 is 11.6. The zero-order valence-electron chi connectivity index (χ0n) is 16.3. The number of carbonyl (C=O) groups excluding carboxylic acids is 1. The van der Waals surface area contributed by atoms with Crippen molar-refractivity contribution in [2.75, 3.05) is 33.8 Å². The molecule has 0 spiro atoms. The third-order valence-corrected chi connectivity index (χ3v) is 4.97. The minimum Gasteiger partial charge on any atom is -0.493 e. The second-order valence-corrected chi connectivity index (χ2v) is 7.49. The fraction of sp³-hybridized carbons (Fsp3) is 0.571. The lowest BCUT2D eigenvalue weighted by Crippen LogP contribution is -2.40. The van der Waals surface area contributed by atoms with Gasteiger partial charge in [-0.05, 0) is 59.0 Å². The number of hydrogen-bond acceptors (Lipinski definition) is 4. The van der Waals surface area contributed by atoms with Crippen LogP contribution in [0.2, 0.25) is 0 Å². The van der Waals surface area contributed by atoms with Crippen molar-refractivity contribution in [2.24, 2.45) is 0 Å². The molecule has 2 heterocycles. The third-order valence-electron chi connectivity index (χ3n) is 4.97. The Morgan fingerprint density at radius 2 is 2.23 bits per heavy atom. The van der Waals surface area contributed by atoms with E-state index >= 15 is 0 Å². The summed E-state index contributed by atoms with van der Waals surface area (Å²) in [4.78, 5) is 16.8. The van der Waals surface area contributed by atoms with Crippen molar-refractivity contribution in [1.29, 1.82) is 0 Å². The van der Waals surface area contributed by atoms with Crippen LogP contribution in [0.1, 0.15) is 37.8 Å². The van der Waals surface area contributed by atoms with Gasteiger partial charge in [0.2, 0.25) is 5.91 Å². The Hall–Kier alpha value is -2.01. The quantitative estimate of drug-likeness (QED) is 0.733. The summed E-state index contributed by atoms with van der Waals surface area (Å²) in [6.07, 6.45) is 6.79. The van der Waals surface area contributed by atoms with Crippen molar-refractivity contribution in [3.63, 3.8) is 0 Å². The normalized spacial score (nSPS) is 22.1. The molecular weight excluding hydrogens is 328 g/mol. The van der Waals surface area contributed by atoms with E-state index < -0.39 is 0 Å². The summed E-state index contributed by atoms with van der Waals surface area (Å²) in [5.41, 5.74) is 2.08. The van der Waals surface area contributed by atoms with E-state index in [9.17, 15) is 4.79 Å². The molecule has 3 rings (SSSR count). The van der Waals surface area contributed by atoms with Gasteiger partial charge in [0.15, 0.2) is 0 Å². The lowest BCUT2D eigenvalue weighted by molar-refractivity contribution is -0.126. The van der Waals surface area contributed by atoms with Gasteiger partial charge in [0.05, 0.1) is 6.61 Å². The van der Waals surface area contributed by atoms with Crippen LogP contribution in [0.3, 0.4) is 0 Å². The molecule has 1 aromatic carbocycles. The Kier molecular flexibility index (Phi) is 5.87. The molecule has 0 aromatic heterocycles. The van der Waals surface area contributed by atoms with E-state index in [4.69, 9.17) is 9.47 Å². The van der Waals surface area contributed by atoms with E-state index in [0.717, 1.165) is 49.4 Å². The maximum absolute atomic E-state index is 12.7. The minimum absolute atomic E-state index is 0.0755. The lowest BCUT2D eigenvalue weighted by Gasteiger charge is -2.26. The molecule has 26 heavy (non-hydrogen) atoms. The molecule has 5 heteroatoms. The van der Waals surface area contributed by atoms with E-state index in [1.807, 2.05) is 24.0 Å². The van der Waals surface area contributed by atoms with Crippen molar-refractivity contribution in [3.05, 3.63) is 29.3 Å². The van der Waals surface area contributed by atoms with Crippen LogP contribution in [0.15, 0.2) is 18.2 Å². The van der Waals surface area contributed by atoms with E-state index in [0.29, 0.717) is 12.6 Å². The second-order valence-electron chi connectivity index (χ2n) is 7.49. The number of amides is 1. The van der Waals surface area contributed by atoms with Gasteiger partial charge >= 0.3 is 0 Å². The van der Waals surface area contributed by atoms with E-state index in [2.05, 4.69) is 32.0 Å². The first-order valence-electron chi connectivity index (χ1n) is 9.57. The molecule has 0 aliphatic carbocycles. The highest BCUT2D eigenvalue weighted by Gasteiger charge is 2.28. The monoisotopic (exact) mass is 358 g/mol. The largest absolute Gasteiger partial charge is 0.493 e. The molecule has 2 aliphatic rings. The van der Waals surface area contributed by atoms with Crippen LogP contribution in [-0.4, -0.2) is 61.6 Å². The first kappa shape index (κ1) is 18.8. The number of benzene rings is 1. The van der Waals surface area contributed by atoms with E-state index in [-0.39, 0.29) is 12.0 Å². The van der Waals surface area contributed by atoms with Crippen molar-refractivity contribution in [2.45, 2.75) is 45.3 Å². The SMILES string of the molecule is CCOc1cc2c(cc1C=CC(=O)N1CCCC1CN(C)C)OC(C)C2. The predicted octanol–water partition coefficient (Wildman–Crippen LogP) is 2.97. The summed E-state index contributed by atoms with van der Waals surface area (Å²) in [7, 11) is 4.10. The number of hydrogen-bond donors (Lipinski definition) is 0. The van der Waals surface area contributed by atoms with Crippen molar-refractivity contribution >= 4 is 12.0 Å². The Morgan fingerprint density at radius 3 is 2.96 bits per heavy atom. The number of nitrogens with zero attached hydrogens (tertiary/aromatic N) is 2. The van der Waals surface area contributed by atoms with Crippen LogP contribution in [0.25, 0.3) is 6.08 Å². The average Bonchev–Trinajstić information content (AvgIpc) is 3.17. The number of carbonyl (C=O) groups is 1. The van der Waals surface area contributed by atoms with Gasteiger partial charge in [-0.25, -0.2) is 0 Å². The summed E-state index contributed by atoms with van der Waals surface area (Å²) in [5.74, 6) is 1.80. The number of rotatable bonds is 6. The van der Waals surface area contributed by atoms with Crippen molar-refractivity contribution < 1.29 is 14.3 Å². The molecular formula is C21H30N2O3. The number of ether oxygens (including phenoxy) is 2. The zero-order chi connectivity index (χ0) is 18.7. The van der Waals surface area contributed by atoms with Crippen LogP contribution in [0.5, 0.6) is 11.5 Å². The third kappa shape index (κ3) is 4.21. The molecule has 5 nitrogen and oxygen atoms in total. The van der Waals surface area contributed by atoms with Gasteiger partial charge in [-0.1, -0.05) is 0 Å². The number of likely N-dealkylation sites (N-methyl/N-ethyl adjacent to an activating group) is 1. The molecule has 2 unspecified atom stereocenters. The number of fused-ring (bicyclic) bond motifs is 1. The van der Waals surface area contributed by atoms with Crippen LogP contribution in [0, 0.1) is 0 Å². The molecule has 2 aliphatic heterocycles. The maximum Gasteiger partial charge on any atom is 0.246 e. The highest BCUT2D eigenvalue weighted by Crippen LogP contribution is 2.35. The highest BCUT2D eigenvalue weighted by atomic mass is 16.5. The van der Waals surface area contributed by atoms with Crippen LogP contribution < -0.4 is 9.47 Å². The van der Waals surface area contributed by atoms with Gasteiger partial charge in [-0.3, -0.25) is 4.79 Å². The summed E-state index contributed by atoms with van der Waals surface area (Å²) >= 11 is 0. The van der Waals surface area contributed by atoms with Gasteiger partial charge in [-0.2, -0.15) is 0 Å². The van der Waals surface area contributed by atoms with Crippen LogP contribution >= 0.6 is 0 Å². The lowest BCUT2D eigenvalue weighted by atomic mass is 10.1. The molecule has 0 bridgehead atoms. The molecule has 1 saturated heterocycles. The summed E-state index contributed by atoms with van der Waals surface area (Å²) in [6, 6.07) is 4.35. The zero-order valence-corrected chi connectivity index (χ0v) is 16.3. The summed E-state index contributed by atoms with van der Waals surface area (Å²) in [5, 5.41) is 0. The first-order valence-corrected chi connectivity index (χ1v) is 9.57. The Bertz CT molecular complexity index is 684. The van der Waals surface area contributed by atoms with Gasteiger partial charge in [0.25, 0.3) is 0 Å². The molecule has 142 valence electrons. The highest BCUT2D eigenvalue weighted by molar-refractivity contribution is 5.92. The fourth-order valence-electron chi connectivity index (χ4n) is 3.86. The first-order chi connectivity index (χ1) is 12.5. The molecule has 2 atom stereocenters. The van der Waals surface area contributed by atoms with Gasteiger partial charge in [0.1, 0.15) is 17.6 Å². The molecule has 0 radical (unpaired) electrons. The standard InChI is InChI=1S/C21H30N2O3/c1-5-25-19-13-17-11-15(2)26-20(17)12-16(19)8-9-21(24)23-10-6-7-18(23)14-22(3)4/h8-9,12-13,15,18H,5-7,10-11,14H2,1-4H3. The smallest absolute Gasteiger partial charge is 0.246 e. The number of likely N-dealkylation sites (tertiary alicyclic amines) is 1. The van der Waals surface area contributed by atoms with Crippen molar-refractivity contribution in [1.82, 2.24) is 9.80 Å². The van der Waals surface area contributed by atoms with Crippen molar-refractivity contribution in [3.8, 4) is 11.5 Å². The van der Waals surface area contributed by atoms with Crippen LogP contribution in [-0.2, 0) is 11.2 Å². The van der Waals surface area contributed by atoms with E-state index in [1.54, 1.807) is 6.08 Å². The second kappa shape index (κ2) is 8.12. The topological polar surface area (TPSA) is 42.0 Å². The minimum atomic E-state index is 0.0755. The van der Waals surface area contributed by atoms with E-state index in [1.165, 1.54) is 5.56 Å². The molecule has 0 saturated carbocycles. The molecule has 1 amide bonds.